The van der Waals surface area contributed by atoms with E-state index >= 15 is 0 Å². The highest BCUT2D eigenvalue weighted by molar-refractivity contribution is 5.85. The lowest BCUT2D eigenvalue weighted by Crippen LogP contribution is -2.30. The fourth-order valence-corrected chi connectivity index (χ4v) is 1.96. The molecule has 1 aliphatic carbocycles. The average molecular weight is 216 g/mol. The zero-order valence-electron chi connectivity index (χ0n) is 8.37. The summed E-state index contributed by atoms with van der Waals surface area (Å²) in [5.41, 5.74) is 1.26. The normalized spacial score (nSPS) is 17.7. The van der Waals surface area contributed by atoms with Crippen LogP contribution in [0.25, 0.3) is 0 Å². The van der Waals surface area contributed by atoms with Crippen molar-refractivity contribution in [1.82, 2.24) is 5.32 Å². The van der Waals surface area contributed by atoms with Gasteiger partial charge >= 0.3 is 0 Å². The molecule has 1 heterocycles. The van der Waals surface area contributed by atoms with E-state index in [4.69, 9.17) is 4.42 Å². The molecule has 0 amide bonds. The first-order valence-electron chi connectivity index (χ1n) is 5.19. The second-order valence-electron chi connectivity index (χ2n) is 3.85. The Balaban J connectivity index is 0.000000980. The van der Waals surface area contributed by atoms with Crippen molar-refractivity contribution in [2.45, 2.75) is 44.7 Å². The molecule has 2 rings (SSSR count). The predicted octanol–water partition coefficient (Wildman–Crippen LogP) is 3.12. The summed E-state index contributed by atoms with van der Waals surface area (Å²) < 4.78 is 5.01. The van der Waals surface area contributed by atoms with E-state index in [0.29, 0.717) is 0 Å². The van der Waals surface area contributed by atoms with Crippen molar-refractivity contribution >= 4 is 12.4 Å². The van der Waals surface area contributed by atoms with Gasteiger partial charge in [-0.1, -0.05) is 19.3 Å². The van der Waals surface area contributed by atoms with Crippen LogP contribution in [-0.2, 0) is 6.54 Å². The first-order valence-corrected chi connectivity index (χ1v) is 5.19. The molecule has 1 N–H and O–H groups in total. The molecule has 2 nitrogen and oxygen atoms in total. The molecule has 0 spiro atoms. The summed E-state index contributed by atoms with van der Waals surface area (Å²) in [7, 11) is 0. The van der Waals surface area contributed by atoms with E-state index in [1.54, 1.807) is 6.26 Å². The Hall–Kier alpha value is -0.470. The van der Waals surface area contributed by atoms with Gasteiger partial charge < -0.3 is 9.73 Å². The molecule has 0 unspecified atom stereocenters. The van der Waals surface area contributed by atoms with Gasteiger partial charge in [-0.25, -0.2) is 0 Å². The number of rotatable bonds is 3. The van der Waals surface area contributed by atoms with Gasteiger partial charge in [0.2, 0.25) is 0 Å². The quantitative estimate of drug-likeness (QED) is 0.838. The van der Waals surface area contributed by atoms with Crippen LogP contribution in [0.15, 0.2) is 23.0 Å². The summed E-state index contributed by atoms with van der Waals surface area (Å²) in [6.45, 7) is 0.959. The average Bonchev–Trinajstić information content (AvgIpc) is 2.69. The Morgan fingerprint density at radius 1 is 1.29 bits per heavy atom. The predicted molar refractivity (Wildman–Crippen MR) is 59.7 cm³/mol. The molecule has 1 aromatic heterocycles. The van der Waals surface area contributed by atoms with E-state index < -0.39 is 0 Å². The van der Waals surface area contributed by atoms with Crippen molar-refractivity contribution in [2.75, 3.05) is 0 Å². The van der Waals surface area contributed by atoms with Gasteiger partial charge in [-0.05, 0) is 18.9 Å². The maximum Gasteiger partial charge on any atom is 0.0947 e. The first-order chi connectivity index (χ1) is 6.45. The van der Waals surface area contributed by atoms with E-state index in [9.17, 15) is 0 Å². The maximum atomic E-state index is 5.01. The van der Waals surface area contributed by atoms with Gasteiger partial charge in [-0.2, -0.15) is 0 Å². The molecule has 0 saturated heterocycles. The number of nitrogens with one attached hydrogen (secondary N) is 1. The van der Waals surface area contributed by atoms with Gasteiger partial charge in [0.05, 0.1) is 12.5 Å². The van der Waals surface area contributed by atoms with Gasteiger partial charge in [0.15, 0.2) is 0 Å². The van der Waals surface area contributed by atoms with Crippen molar-refractivity contribution in [2.24, 2.45) is 0 Å². The van der Waals surface area contributed by atoms with Crippen LogP contribution in [0.5, 0.6) is 0 Å². The lowest BCUT2D eigenvalue weighted by atomic mass is 9.95. The number of halogens is 1. The monoisotopic (exact) mass is 215 g/mol. The molecule has 80 valence electrons. The standard InChI is InChI=1S/C11H17NO.ClH/c1-2-4-11(5-3-1)12-8-10-6-7-13-9-10;/h6-7,9,11-12H,1-5,8H2;1H. The second-order valence-corrected chi connectivity index (χ2v) is 3.85. The van der Waals surface area contributed by atoms with Crippen molar-refractivity contribution in [1.29, 1.82) is 0 Å². The molecule has 0 bridgehead atoms. The summed E-state index contributed by atoms with van der Waals surface area (Å²) in [5, 5.41) is 3.56. The lowest BCUT2D eigenvalue weighted by Gasteiger charge is -2.22. The summed E-state index contributed by atoms with van der Waals surface area (Å²) in [4.78, 5) is 0. The molecule has 1 fully saturated rings. The topological polar surface area (TPSA) is 25.2 Å². The third kappa shape index (κ3) is 3.35. The van der Waals surface area contributed by atoms with Gasteiger partial charge in [0.1, 0.15) is 0 Å². The molecular formula is C11H18ClNO. The largest absolute Gasteiger partial charge is 0.472 e. The summed E-state index contributed by atoms with van der Waals surface area (Å²) >= 11 is 0. The molecule has 3 heteroatoms. The van der Waals surface area contributed by atoms with Crippen LogP contribution in [0.4, 0.5) is 0 Å². The van der Waals surface area contributed by atoms with Crippen LogP contribution in [-0.4, -0.2) is 6.04 Å². The SMILES string of the molecule is Cl.c1cc(CNC2CCCCC2)co1. The van der Waals surface area contributed by atoms with Crippen molar-refractivity contribution in [3.63, 3.8) is 0 Å². The zero-order valence-corrected chi connectivity index (χ0v) is 9.19. The van der Waals surface area contributed by atoms with Crippen LogP contribution in [0.3, 0.4) is 0 Å². The Kier molecular flexibility index (Phi) is 5.05. The second kappa shape index (κ2) is 6.10. The highest BCUT2D eigenvalue weighted by atomic mass is 35.5. The van der Waals surface area contributed by atoms with Crippen LogP contribution in [0.2, 0.25) is 0 Å². The third-order valence-corrected chi connectivity index (χ3v) is 2.78. The fourth-order valence-electron chi connectivity index (χ4n) is 1.96. The smallest absolute Gasteiger partial charge is 0.0947 e. The van der Waals surface area contributed by atoms with E-state index in [1.165, 1.54) is 37.7 Å². The Morgan fingerprint density at radius 2 is 2.07 bits per heavy atom. The molecule has 1 saturated carbocycles. The fraction of sp³-hybridized carbons (Fsp3) is 0.636. The third-order valence-electron chi connectivity index (χ3n) is 2.78. The molecule has 0 radical (unpaired) electrons. The highest BCUT2D eigenvalue weighted by Crippen LogP contribution is 2.17. The molecule has 0 atom stereocenters. The highest BCUT2D eigenvalue weighted by Gasteiger charge is 2.12. The summed E-state index contributed by atoms with van der Waals surface area (Å²) in [5.74, 6) is 0. The number of hydrogen-bond donors (Lipinski definition) is 1. The maximum absolute atomic E-state index is 5.01. The zero-order chi connectivity index (χ0) is 8.93. The molecule has 1 aliphatic rings. The van der Waals surface area contributed by atoms with E-state index in [1.807, 2.05) is 12.3 Å². The molecule has 0 aromatic carbocycles. The van der Waals surface area contributed by atoms with Gasteiger partial charge in [-0.3, -0.25) is 0 Å². The minimum absolute atomic E-state index is 0. The Morgan fingerprint density at radius 3 is 2.71 bits per heavy atom. The first kappa shape index (κ1) is 11.6. The van der Waals surface area contributed by atoms with Crippen LogP contribution in [0, 0.1) is 0 Å². The molecule has 1 aromatic rings. The Labute approximate surface area is 91.5 Å². The van der Waals surface area contributed by atoms with Gasteiger partial charge in [0, 0.05) is 18.2 Å². The van der Waals surface area contributed by atoms with E-state index in [0.717, 1.165) is 12.6 Å². The minimum Gasteiger partial charge on any atom is -0.472 e. The molecular weight excluding hydrogens is 198 g/mol. The van der Waals surface area contributed by atoms with E-state index in [2.05, 4.69) is 5.32 Å². The number of furan rings is 1. The van der Waals surface area contributed by atoms with E-state index in [-0.39, 0.29) is 12.4 Å². The van der Waals surface area contributed by atoms with Crippen molar-refractivity contribution in [3.8, 4) is 0 Å². The minimum atomic E-state index is 0. The Bertz CT molecular complexity index is 229. The summed E-state index contributed by atoms with van der Waals surface area (Å²) in [6.07, 6.45) is 10.4. The van der Waals surface area contributed by atoms with Crippen LogP contribution < -0.4 is 5.32 Å². The molecule has 0 aliphatic heterocycles. The van der Waals surface area contributed by atoms with Crippen molar-refractivity contribution in [3.05, 3.63) is 24.2 Å². The number of hydrogen-bond acceptors (Lipinski definition) is 2. The van der Waals surface area contributed by atoms with Crippen LogP contribution >= 0.6 is 12.4 Å². The van der Waals surface area contributed by atoms with Crippen LogP contribution in [0.1, 0.15) is 37.7 Å². The van der Waals surface area contributed by atoms with Gasteiger partial charge in [0.25, 0.3) is 0 Å². The lowest BCUT2D eigenvalue weighted by molar-refractivity contribution is 0.372. The van der Waals surface area contributed by atoms with Gasteiger partial charge in [-0.15, -0.1) is 12.4 Å². The molecule has 14 heavy (non-hydrogen) atoms. The summed E-state index contributed by atoms with van der Waals surface area (Å²) in [6, 6.07) is 2.76. The van der Waals surface area contributed by atoms with Crippen molar-refractivity contribution < 1.29 is 4.42 Å².